The van der Waals surface area contributed by atoms with Crippen LogP contribution in [0.2, 0.25) is 0 Å². The highest BCUT2D eigenvalue weighted by atomic mass is 16.5. The van der Waals surface area contributed by atoms with Crippen LogP contribution in [0, 0.1) is 0 Å². The van der Waals surface area contributed by atoms with Gasteiger partial charge in [0.2, 0.25) is 0 Å². The van der Waals surface area contributed by atoms with Crippen LogP contribution in [0.4, 0.5) is 0 Å². The van der Waals surface area contributed by atoms with Gasteiger partial charge in [-0.25, -0.2) is 4.79 Å². The molecule has 1 unspecified atom stereocenters. The first-order valence-corrected chi connectivity index (χ1v) is 6.67. The van der Waals surface area contributed by atoms with Crippen molar-refractivity contribution in [2.75, 3.05) is 0 Å². The molecule has 0 amide bonds. The quantitative estimate of drug-likeness (QED) is 0.756. The summed E-state index contributed by atoms with van der Waals surface area (Å²) >= 11 is 0. The van der Waals surface area contributed by atoms with E-state index in [1.807, 2.05) is 12.1 Å². The van der Waals surface area contributed by atoms with Crippen molar-refractivity contribution in [2.45, 2.75) is 25.9 Å². The summed E-state index contributed by atoms with van der Waals surface area (Å²) in [5, 5.41) is 2.45. The molecule has 3 rings (SSSR count). The first-order valence-electron chi connectivity index (χ1n) is 6.67. The third kappa shape index (κ3) is 2.14. The predicted molar refractivity (Wildman–Crippen MR) is 75.9 cm³/mol. The molecule has 2 aromatic carbocycles. The molecule has 0 bridgehead atoms. The second-order valence-corrected chi connectivity index (χ2v) is 4.78. The van der Waals surface area contributed by atoms with E-state index in [9.17, 15) is 4.79 Å². The largest absolute Gasteiger partial charge is 0.454 e. The van der Waals surface area contributed by atoms with Crippen LogP contribution in [0.25, 0.3) is 10.8 Å². The summed E-state index contributed by atoms with van der Waals surface area (Å²) in [6.45, 7) is 2.16. The highest BCUT2D eigenvalue weighted by Crippen LogP contribution is 2.32. The van der Waals surface area contributed by atoms with E-state index in [1.54, 1.807) is 0 Å². The SMILES string of the molecule is CCc1ccc(C2CC=CC(=O)O2)c2ccccc12. The summed E-state index contributed by atoms with van der Waals surface area (Å²) in [5.41, 5.74) is 2.43. The molecule has 0 aromatic heterocycles. The normalized spacial score (nSPS) is 18.6. The van der Waals surface area contributed by atoms with Crippen molar-refractivity contribution in [1.29, 1.82) is 0 Å². The van der Waals surface area contributed by atoms with E-state index in [2.05, 4.69) is 37.3 Å². The van der Waals surface area contributed by atoms with Gasteiger partial charge in [0.25, 0.3) is 0 Å². The maximum atomic E-state index is 11.4. The van der Waals surface area contributed by atoms with E-state index >= 15 is 0 Å². The molecular formula is C17H16O2. The van der Waals surface area contributed by atoms with Crippen LogP contribution < -0.4 is 0 Å². The van der Waals surface area contributed by atoms with Crippen LogP contribution in [-0.2, 0) is 16.0 Å². The topological polar surface area (TPSA) is 26.3 Å². The Labute approximate surface area is 112 Å². The number of aryl methyl sites for hydroxylation is 1. The molecule has 1 aliphatic heterocycles. The number of fused-ring (bicyclic) bond motifs is 1. The fourth-order valence-corrected chi connectivity index (χ4v) is 2.68. The Kier molecular flexibility index (Phi) is 3.08. The Morgan fingerprint density at radius 2 is 1.95 bits per heavy atom. The number of cyclic esters (lactones) is 1. The van der Waals surface area contributed by atoms with Gasteiger partial charge >= 0.3 is 5.97 Å². The standard InChI is InChI=1S/C17H16O2/c1-2-12-10-11-15(14-7-4-3-6-13(12)14)16-8-5-9-17(18)19-16/h3-7,9-11,16H,2,8H2,1H3. The lowest BCUT2D eigenvalue weighted by Crippen LogP contribution is -2.13. The lowest BCUT2D eigenvalue weighted by atomic mass is 9.94. The maximum absolute atomic E-state index is 11.4. The van der Waals surface area contributed by atoms with Crippen molar-refractivity contribution in [3.05, 3.63) is 59.7 Å². The molecule has 19 heavy (non-hydrogen) atoms. The monoisotopic (exact) mass is 252 g/mol. The molecule has 0 aliphatic carbocycles. The molecule has 96 valence electrons. The molecule has 0 saturated carbocycles. The zero-order chi connectivity index (χ0) is 13.2. The predicted octanol–water partition coefficient (Wildman–Crippen LogP) is 3.95. The number of ether oxygens (including phenoxy) is 1. The van der Waals surface area contributed by atoms with Crippen molar-refractivity contribution in [3.63, 3.8) is 0 Å². The molecule has 1 aliphatic rings. The van der Waals surface area contributed by atoms with E-state index in [1.165, 1.54) is 22.4 Å². The van der Waals surface area contributed by atoms with Gasteiger partial charge in [-0.15, -0.1) is 0 Å². The Hall–Kier alpha value is -2.09. The summed E-state index contributed by atoms with van der Waals surface area (Å²) in [5.74, 6) is -0.250. The van der Waals surface area contributed by atoms with E-state index in [4.69, 9.17) is 4.74 Å². The minimum Gasteiger partial charge on any atom is -0.454 e. The Bertz CT molecular complexity index is 655. The molecule has 2 heteroatoms. The fourth-order valence-electron chi connectivity index (χ4n) is 2.68. The molecule has 0 N–H and O–H groups in total. The molecule has 0 spiro atoms. The van der Waals surface area contributed by atoms with Crippen LogP contribution in [0.3, 0.4) is 0 Å². The van der Waals surface area contributed by atoms with E-state index in [0.717, 1.165) is 18.4 Å². The number of hydrogen-bond donors (Lipinski definition) is 0. The fraction of sp³-hybridized carbons (Fsp3) is 0.235. The van der Waals surface area contributed by atoms with E-state index in [-0.39, 0.29) is 12.1 Å². The number of benzene rings is 2. The maximum Gasteiger partial charge on any atom is 0.331 e. The molecule has 0 radical (unpaired) electrons. The summed E-state index contributed by atoms with van der Waals surface area (Å²) in [4.78, 5) is 11.4. The number of carbonyl (C=O) groups is 1. The van der Waals surface area contributed by atoms with Gasteiger partial charge in [-0.2, -0.15) is 0 Å². The van der Waals surface area contributed by atoms with Gasteiger partial charge in [-0.05, 0) is 22.8 Å². The average Bonchev–Trinajstić information content (AvgIpc) is 2.46. The van der Waals surface area contributed by atoms with Crippen molar-refractivity contribution in [3.8, 4) is 0 Å². The lowest BCUT2D eigenvalue weighted by molar-refractivity contribution is -0.144. The van der Waals surface area contributed by atoms with Crippen LogP contribution >= 0.6 is 0 Å². The van der Waals surface area contributed by atoms with Gasteiger partial charge in [0.15, 0.2) is 0 Å². The minimum atomic E-state index is -0.250. The smallest absolute Gasteiger partial charge is 0.331 e. The van der Waals surface area contributed by atoms with Gasteiger partial charge in [0.05, 0.1) is 0 Å². The first kappa shape index (κ1) is 12.0. The molecule has 0 fully saturated rings. The summed E-state index contributed by atoms with van der Waals surface area (Å²) < 4.78 is 5.43. The third-order valence-corrected chi connectivity index (χ3v) is 3.64. The zero-order valence-corrected chi connectivity index (χ0v) is 10.9. The van der Waals surface area contributed by atoms with Crippen LogP contribution in [-0.4, -0.2) is 5.97 Å². The van der Waals surface area contributed by atoms with Crippen molar-refractivity contribution in [1.82, 2.24) is 0 Å². The van der Waals surface area contributed by atoms with Crippen molar-refractivity contribution in [2.24, 2.45) is 0 Å². The van der Waals surface area contributed by atoms with Gasteiger partial charge in [0.1, 0.15) is 6.10 Å². The highest BCUT2D eigenvalue weighted by Gasteiger charge is 2.20. The Morgan fingerprint density at radius 3 is 2.68 bits per heavy atom. The van der Waals surface area contributed by atoms with Crippen LogP contribution in [0.1, 0.15) is 30.6 Å². The second-order valence-electron chi connectivity index (χ2n) is 4.78. The third-order valence-electron chi connectivity index (χ3n) is 3.64. The Balaban J connectivity index is 2.14. The van der Waals surface area contributed by atoms with E-state index < -0.39 is 0 Å². The Morgan fingerprint density at radius 1 is 1.16 bits per heavy atom. The summed E-state index contributed by atoms with van der Waals surface area (Å²) in [6, 6.07) is 12.6. The molecule has 2 aromatic rings. The lowest BCUT2D eigenvalue weighted by Gasteiger charge is -2.21. The van der Waals surface area contributed by atoms with Crippen LogP contribution in [0.15, 0.2) is 48.6 Å². The first-order chi connectivity index (χ1) is 9.29. The molecule has 2 nitrogen and oxygen atoms in total. The minimum absolute atomic E-state index is 0.159. The molecule has 1 heterocycles. The highest BCUT2D eigenvalue weighted by molar-refractivity contribution is 5.90. The second kappa shape index (κ2) is 4.88. The van der Waals surface area contributed by atoms with Crippen molar-refractivity contribution >= 4 is 16.7 Å². The molecule has 1 atom stereocenters. The van der Waals surface area contributed by atoms with Gasteiger partial charge in [-0.1, -0.05) is 49.4 Å². The van der Waals surface area contributed by atoms with Crippen LogP contribution in [0.5, 0.6) is 0 Å². The number of esters is 1. The van der Waals surface area contributed by atoms with Gasteiger partial charge < -0.3 is 4.74 Å². The van der Waals surface area contributed by atoms with Crippen molar-refractivity contribution < 1.29 is 9.53 Å². The number of hydrogen-bond acceptors (Lipinski definition) is 2. The van der Waals surface area contributed by atoms with Gasteiger partial charge in [0, 0.05) is 18.1 Å². The summed E-state index contributed by atoms with van der Waals surface area (Å²) in [7, 11) is 0. The van der Waals surface area contributed by atoms with E-state index in [0.29, 0.717) is 0 Å². The molecular weight excluding hydrogens is 236 g/mol. The molecule has 0 saturated heterocycles. The number of carbonyl (C=O) groups excluding carboxylic acids is 1. The average molecular weight is 252 g/mol. The van der Waals surface area contributed by atoms with Gasteiger partial charge in [-0.3, -0.25) is 0 Å². The number of rotatable bonds is 2. The summed E-state index contributed by atoms with van der Waals surface area (Å²) in [6.07, 6.45) is 4.98. The zero-order valence-electron chi connectivity index (χ0n) is 10.9.